The van der Waals surface area contributed by atoms with Crippen molar-refractivity contribution in [2.24, 2.45) is 0 Å². The molecule has 0 aromatic carbocycles. The van der Waals surface area contributed by atoms with Gasteiger partial charge in [0.15, 0.2) is 0 Å². The van der Waals surface area contributed by atoms with Gasteiger partial charge in [-0.1, -0.05) is 24.8 Å². The molecule has 2 nitrogen and oxygen atoms in total. The normalized spacial score (nSPS) is 10.0. The van der Waals surface area contributed by atoms with Crippen LogP contribution in [0.5, 0.6) is 0 Å². The van der Waals surface area contributed by atoms with Gasteiger partial charge < -0.3 is 9.84 Å². The molecule has 0 amide bonds. The van der Waals surface area contributed by atoms with Crippen LogP contribution in [0.3, 0.4) is 0 Å². The van der Waals surface area contributed by atoms with Gasteiger partial charge in [0.2, 0.25) is 0 Å². The molecular formula is C9H14O2. The molecule has 1 N–H and O–H groups in total. The minimum atomic E-state index is 0.0138. The van der Waals surface area contributed by atoms with Crippen molar-refractivity contribution in [1.29, 1.82) is 0 Å². The van der Waals surface area contributed by atoms with E-state index < -0.39 is 0 Å². The molecule has 0 aliphatic heterocycles. The lowest BCUT2D eigenvalue weighted by Gasteiger charge is -2.01. The monoisotopic (exact) mass is 154 g/mol. The highest BCUT2D eigenvalue weighted by Crippen LogP contribution is 1.98. The number of aliphatic hydroxyl groups is 1. The highest BCUT2D eigenvalue weighted by molar-refractivity contribution is 5.19. The molecule has 0 saturated heterocycles. The predicted octanol–water partition coefficient (Wildman–Crippen LogP) is 1.64. The summed E-state index contributed by atoms with van der Waals surface area (Å²) in [5, 5.41) is 8.38. The van der Waals surface area contributed by atoms with Crippen LogP contribution in [-0.4, -0.2) is 18.3 Å². The molecule has 0 aliphatic carbocycles. The van der Waals surface area contributed by atoms with Crippen molar-refractivity contribution in [3.05, 3.63) is 36.6 Å². The summed E-state index contributed by atoms with van der Waals surface area (Å²) in [5.74, 6) is 0.544. The zero-order chi connectivity index (χ0) is 8.69. The summed E-state index contributed by atoms with van der Waals surface area (Å²) in [7, 11) is 0. The number of ether oxygens (including phenoxy) is 1. The van der Waals surface area contributed by atoms with E-state index in [1.807, 2.05) is 6.92 Å². The fourth-order valence-electron chi connectivity index (χ4n) is 0.460. The van der Waals surface area contributed by atoms with Crippen molar-refractivity contribution in [3.8, 4) is 0 Å². The second kappa shape index (κ2) is 5.74. The van der Waals surface area contributed by atoms with Gasteiger partial charge >= 0.3 is 0 Å². The Morgan fingerprint density at radius 2 is 2.09 bits per heavy atom. The molecule has 0 radical (unpaired) electrons. The van der Waals surface area contributed by atoms with Crippen molar-refractivity contribution in [2.45, 2.75) is 6.92 Å². The van der Waals surface area contributed by atoms with Gasteiger partial charge in [0.1, 0.15) is 12.4 Å². The van der Waals surface area contributed by atoms with E-state index in [1.165, 1.54) is 0 Å². The molecule has 62 valence electrons. The maximum Gasteiger partial charge on any atom is 0.112 e. The van der Waals surface area contributed by atoms with Crippen molar-refractivity contribution in [2.75, 3.05) is 13.2 Å². The Hall–Kier alpha value is -1.02. The van der Waals surface area contributed by atoms with Crippen molar-refractivity contribution in [1.82, 2.24) is 0 Å². The standard InChI is InChI=1S/C9H14O2/c1-8(2)4-5-9(3)11-7-6-10/h4-5,10H,1,3,6-7H2,2H3/b5-4-. The first kappa shape index (κ1) is 9.98. The Morgan fingerprint density at radius 3 is 2.55 bits per heavy atom. The van der Waals surface area contributed by atoms with Crippen LogP contribution in [-0.2, 0) is 4.74 Å². The lowest BCUT2D eigenvalue weighted by Crippen LogP contribution is -1.96. The number of aliphatic hydroxyl groups excluding tert-OH is 1. The Bertz CT molecular complexity index is 168. The molecular weight excluding hydrogens is 140 g/mol. The molecule has 11 heavy (non-hydrogen) atoms. The average Bonchev–Trinajstić information content (AvgIpc) is 1.97. The summed E-state index contributed by atoms with van der Waals surface area (Å²) in [6, 6.07) is 0. The number of hydrogen-bond donors (Lipinski definition) is 1. The van der Waals surface area contributed by atoms with Crippen LogP contribution >= 0.6 is 0 Å². The minimum Gasteiger partial charge on any atom is -0.492 e. The lowest BCUT2D eigenvalue weighted by molar-refractivity contribution is 0.153. The van der Waals surface area contributed by atoms with Crippen LogP contribution in [0.2, 0.25) is 0 Å². The van der Waals surface area contributed by atoms with Crippen LogP contribution in [0.1, 0.15) is 6.92 Å². The Balaban J connectivity index is 3.60. The van der Waals surface area contributed by atoms with Gasteiger partial charge in [0.05, 0.1) is 6.61 Å². The molecule has 0 heterocycles. The van der Waals surface area contributed by atoms with E-state index in [2.05, 4.69) is 13.2 Å². The third kappa shape index (κ3) is 6.87. The summed E-state index contributed by atoms with van der Waals surface area (Å²) in [6.07, 6.45) is 3.53. The van der Waals surface area contributed by atoms with E-state index >= 15 is 0 Å². The van der Waals surface area contributed by atoms with Gasteiger partial charge in [-0.05, 0) is 13.0 Å². The van der Waals surface area contributed by atoms with Crippen LogP contribution in [0.4, 0.5) is 0 Å². The van der Waals surface area contributed by atoms with Crippen LogP contribution in [0.25, 0.3) is 0 Å². The van der Waals surface area contributed by atoms with Gasteiger partial charge in [-0.2, -0.15) is 0 Å². The quantitative estimate of drug-likeness (QED) is 0.482. The fraction of sp³-hybridized carbons (Fsp3) is 0.333. The summed E-state index contributed by atoms with van der Waals surface area (Å²) in [6.45, 7) is 9.47. The van der Waals surface area contributed by atoms with Gasteiger partial charge in [-0.25, -0.2) is 0 Å². The minimum absolute atomic E-state index is 0.0138. The molecule has 0 saturated carbocycles. The predicted molar refractivity (Wildman–Crippen MR) is 46.1 cm³/mol. The second-order valence-electron chi connectivity index (χ2n) is 2.22. The fourth-order valence-corrected chi connectivity index (χ4v) is 0.460. The molecule has 0 bridgehead atoms. The number of allylic oxidation sites excluding steroid dienone is 3. The highest BCUT2D eigenvalue weighted by atomic mass is 16.5. The molecule has 0 rings (SSSR count). The van der Waals surface area contributed by atoms with E-state index in [-0.39, 0.29) is 6.61 Å². The van der Waals surface area contributed by atoms with Crippen LogP contribution < -0.4 is 0 Å². The first-order valence-corrected chi connectivity index (χ1v) is 3.43. The zero-order valence-electron chi connectivity index (χ0n) is 6.84. The summed E-state index contributed by atoms with van der Waals surface area (Å²) in [4.78, 5) is 0. The molecule has 2 heteroatoms. The van der Waals surface area contributed by atoms with Gasteiger partial charge in [-0.15, -0.1) is 0 Å². The smallest absolute Gasteiger partial charge is 0.112 e. The summed E-state index contributed by atoms with van der Waals surface area (Å²) in [5.41, 5.74) is 0.943. The average molecular weight is 154 g/mol. The SMILES string of the molecule is C=C(C)/C=C\C(=C)OCCO. The zero-order valence-corrected chi connectivity index (χ0v) is 6.84. The van der Waals surface area contributed by atoms with Crippen LogP contribution in [0, 0.1) is 0 Å². The molecule has 0 aromatic rings. The summed E-state index contributed by atoms with van der Waals surface area (Å²) >= 11 is 0. The molecule has 0 spiro atoms. The largest absolute Gasteiger partial charge is 0.492 e. The Morgan fingerprint density at radius 1 is 1.45 bits per heavy atom. The van der Waals surface area contributed by atoms with E-state index in [0.29, 0.717) is 12.4 Å². The topological polar surface area (TPSA) is 29.5 Å². The van der Waals surface area contributed by atoms with Gasteiger partial charge in [-0.3, -0.25) is 0 Å². The molecule has 0 atom stereocenters. The Labute approximate surface area is 67.5 Å². The van der Waals surface area contributed by atoms with Crippen molar-refractivity contribution in [3.63, 3.8) is 0 Å². The van der Waals surface area contributed by atoms with E-state index in [4.69, 9.17) is 9.84 Å². The number of hydrogen-bond acceptors (Lipinski definition) is 2. The van der Waals surface area contributed by atoms with E-state index in [1.54, 1.807) is 12.2 Å². The summed E-state index contributed by atoms with van der Waals surface area (Å²) < 4.78 is 4.97. The first-order valence-electron chi connectivity index (χ1n) is 3.43. The molecule has 0 fully saturated rings. The maximum absolute atomic E-state index is 8.38. The third-order valence-corrected chi connectivity index (χ3v) is 0.932. The van der Waals surface area contributed by atoms with Crippen LogP contribution in [0.15, 0.2) is 36.6 Å². The molecule has 0 aromatic heterocycles. The van der Waals surface area contributed by atoms with Crippen molar-refractivity contribution < 1.29 is 9.84 Å². The van der Waals surface area contributed by atoms with Gasteiger partial charge in [0, 0.05) is 0 Å². The van der Waals surface area contributed by atoms with E-state index in [9.17, 15) is 0 Å². The van der Waals surface area contributed by atoms with E-state index in [0.717, 1.165) is 5.57 Å². The Kier molecular flexibility index (Phi) is 5.21. The second-order valence-corrected chi connectivity index (χ2v) is 2.22. The lowest BCUT2D eigenvalue weighted by atomic mass is 10.3. The number of rotatable bonds is 5. The van der Waals surface area contributed by atoms with Crippen molar-refractivity contribution >= 4 is 0 Å². The van der Waals surface area contributed by atoms with Gasteiger partial charge in [0.25, 0.3) is 0 Å². The molecule has 0 unspecified atom stereocenters. The first-order chi connectivity index (χ1) is 5.16. The highest BCUT2D eigenvalue weighted by Gasteiger charge is 1.86. The maximum atomic E-state index is 8.38. The third-order valence-electron chi connectivity index (χ3n) is 0.932. The molecule has 0 aliphatic rings.